The van der Waals surface area contributed by atoms with E-state index in [2.05, 4.69) is 59.1 Å². The van der Waals surface area contributed by atoms with Gasteiger partial charge in [0.15, 0.2) is 5.96 Å². The van der Waals surface area contributed by atoms with E-state index >= 15 is 0 Å². The van der Waals surface area contributed by atoms with Gasteiger partial charge in [-0.25, -0.2) is 4.98 Å². The molecule has 0 amide bonds. The number of pyridine rings is 1. The van der Waals surface area contributed by atoms with Crippen molar-refractivity contribution < 1.29 is 0 Å². The third-order valence-electron chi connectivity index (χ3n) is 4.34. The maximum Gasteiger partial charge on any atom is 0.190 e. The largest absolute Gasteiger partial charge is 0.356 e. The smallest absolute Gasteiger partial charge is 0.190 e. The first-order valence-corrected chi connectivity index (χ1v) is 8.55. The van der Waals surface area contributed by atoms with Crippen LogP contribution in [0.1, 0.15) is 37.9 Å². The number of aryl methyl sites for hydroxylation is 1. The summed E-state index contributed by atoms with van der Waals surface area (Å²) in [4.78, 5) is 8.98. The van der Waals surface area contributed by atoms with Crippen LogP contribution in [0.2, 0.25) is 0 Å². The normalized spacial score (nSPS) is 12.1. The fourth-order valence-electron chi connectivity index (χ4n) is 2.67. The van der Waals surface area contributed by atoms with E-state index in [9.17, 15) is 0 Å². The summed E-state index contributed by atoms with van der Waals surface area (Å²) >= 11 is 0. The number of nitrogens with one attached hydrogen (secondary N) is 2. The molecule has 2 rings (SSSR count). The van der Waals surface area contributed by atoms with E-state index in [1.165, 1.54) is 18.4 Å². The second kappa shape index (κ2) is 8.56. The van der Waals surface area contributed by atoms with Crippen LogP contribution >= 0.6 is 0 Å². The van der Waals surface area contributed by atoms with Crippen molar-refractivity contribution in [3.63, 3.8) is 0 Å². The molecular formula is C18H29N5. The first kappa shape index (κ1) is 17.3. The molecule has 0 radical (unpaired) electrons. The predicted octanol–water partition coefficient (Wildman–Crippen LogP) is 2.79. The summed E-state index contributed by atoms with van der Waals surface area (Å²) in [5.74, 6) is 1.58. The number of nitrogens with zero attached hydrogens (tertiary/aromatic N) is 3. The van der Waals surface area contributed by atoms with Gasteiger partial charge < -0.3 is 15.0 Å². The Morgan fingerprint density at radius 1 is 1.30 bits per heavy atom. The van der Waals surface area contributed by atoms with E-state index in [-0.39, 0.29) is 0 Å². The van der Waals surface area contributed by atoms with Gasteiger partial charge in [0.25, 0.3) is 0 Å². The number of hydrogen-bond donors (Lipinski definition) is 2. The van der Waals surface area contributed by atoms with Crippen molar-refractivity contribution in [1.29, 1.82) is 0 Å². The van der Waals surface area contributed by atoms with Gasteiger partial charge in [0.05, 0.1) is 5.69 Å². The van der Waals surface area contributed by atoms with Gasteiger partial charge in [-0.05, 0) is 24.5 Å². The zero-order valence-electron chi connectivity index (χ0n) is 14.8. The van der Waals surface area contributed by atoms with E-state index in [0.29, 0.717) is 5.92 Å². The summed E-state index contributed by atoms with van der Waals surface area (Å²) in [5, 5.41) is 6.78. The molecule has 0 aromatic carbocycles. The number of guanidine groups is 1. The van der Waals surface area contributed by atoms with Gasteiger partial charge in [-0.15, -0.1) is 0 Å². The van der Waals surface area contributed by atoms with Crippen LogP contribution in [0.4, 0.5) is 0 Å². The first-order chi connectivity index (χ1) is 11.2. The van der Waals surface area contributed by atoms with Crippen molar-refractivity contribution in [3.05, 3.63) is 35.8 Å². The average Bonchev–Trinajstić information content (AvgIpc) is 2.98. The monoisotopic (exact) mass is 315 g/mol. The first-order valence-electron chi connectivity index (χ1n) is 8.55. The lowest BCUT2D eigenvalue weighted by molar-refractivity contribution is 0.481. The highest BCUT2D eigenvalue weighted by molar-refractivity contribution is 5.79. The van der Waals surface area contributed by atoms with Crippen LogP contribution in [0, 0.1) is 12.8 Å². The van der Waals surface area contributed by atoms with Crippen LogP contribution < -0.4 is 10.6 Å². The lowest BCUT2D eigenvalue weighted by Crippen LogP contribution is -2.40. The third kappa shape index (κ3) is 4.71. The van der Waals surface area contributed by atoms with E-state index in [1.54, 1.807) is 0 Å². The predicted molar refractivity (Wildman–Crippen MR) is 97.1 cm³/mol. The van der Waals surface area contributed by atoms with Crippen LogP contribution in [0.3, 0.4) is 0 Å². The van der Waals surface area contributed by atoms with Crippen LogP contribution in [-0.2, 0) is 6.42 Å². The molecule has 2 N–H and O–H groups in total. The fraction of sp³-hybridized carbons (Fsp3) is 0.556. The quantitative estimate of drug-likeness (QED) is 0.610. The minimum absolute atomic E-state index is 0.704. The molecule has 5 heteroatoms. The number of imidazole rings is 1. The molecule has 0 saturated carbocycles. The van der Waals surface area contributed by atoms with Crippen LogP contribution in [0.5, 0.6) is 0 Å². The highest BCUT2D eigenvalue weighted by Gasteiger charge is 2.06. The maximum atomic E-state index is 4.70. The van der Waals surface area contributed by atoms with E-state index < -0.39 is 0 Å². The molecule has 0 aliphatic rings. The average molecular weight is 315 g/mol. The molecule has 2 aromatic heterocycles. The molecule has 0 bridgehead atoms. The minimum Gasteiger partial charge on any atom is -0.356 e. The summed E-state index contributed by atoms with van der Waals surface area (Å²) in [7, 11) is 1.82. The standard InChI is InChI=1S/C18H29N5/c1-5-15(6-2)12-21-18(19-4)20-10-9-16-13-23-11-7-8-14(3)17(23)22-16/h7-8,11,13,15H,5-6,9-10,12H2,1-4H3,(H2,19,20,21). The van der Waals surface area contributed by atoms with Crippen molar-refractivity contribution >= 4 is 11.6 Å². The number of aliphatic imine (C=N–C) groups is 1. The van der Waals surface area contributed by atoms with Crippen molar-refractivity contribution in [2.24, 2.45) is 10.9 Å². The van der Waals surface area contributed by atoms with Crippen molar-refractivity contribution in [2.75, 3.05) is 20.1 Å². The molecule has 0 fully saturated rings. The molecule has 0 atom stereocenters. The SMILES string of the molecule is CCC(CC)CNC(=NC)NCCc1cn2cccc(C)c2n1. The van der Waals surface area contributed by atoms with E-state index in [1.807, 2.05) is 13.2 Å². The molecule has 126 valence electrons. The number of fused-ring (bicyclic) bond motifs is 1. The summed E-state index contributed by atoms with van der Waals surface area (Å²) in [6, 6.07) is 4.14. The number of rotatable bonds is 7. The number of aromatic nitrogens is 2. The lowest BCUT2D eigenvalue weighted by atomic mass is 10.0. The van der Waals surface area contributed by atoms with Gasteiger partial charge in [0.2, 0.25) is 0 Å². The van der Waals surface area contributed by atoms with Crippen molar-refractivity contribution in [1.82, 2.24) is 20.0 Å². The molecular weight excluding hydrogens is 286 g/mol. The fourth-order valence-corrected chi connectivity index (χ4v) is 2.67. The van der Waals surface area contributed by atoms with Gasteiger partial charge in [0.1, 0.15) is 5.65 Å². The van der Waals surface area contributed by atoms with Crippen molar-refractivity contribution in [3.8, 4) is 0 Å². The lowest BCUT2D eigenvalue weighted by Gasteiger charge is -2.16. The Hall–Kier alpha value is -2.04. The Labute approximate surface area is 139 Å². The zero-order chi connectivity index (χ0) is 16.7. The second-order valence-corrected chi connectivity index (χ2v) is 5.97. The zero-order valence-corrected chi connectivity index (χ0v) is 14.8. The molecule has 5 nitrogen and oxygen atoms in total. The molecule has 0 aliphatic carbocycles. The van der Waals surface area contributed by atoms with Gasteiger partial charge >= 0.3 is 0 Å². The second-order valence-electron chi connectivity index (χ2n) is 5.97. The Morgan fingerprint density at radius 3 is 2.74 bits per heavy atom. The Morgan fingerprint density at radius 2 is 2.09 bits per heavy atom. The molecule has 0 saturated heterocycles. The number of hydrogen-bond acceptors (Lipinski definition) is 2. The molecule has 0 unspecified atom stereocenters. The summed E-state index contributed by atoms with van der Waals surface area (Å²) in [6.07, 6.45) is 7.42. The highest BCUT2D eigenvalue weighted by Crippen LogP contribution is 2.10. The molecule has 2 heterocycles. The van der Waals surface area contributed by atoms with Crippen molar-refractivity contribution in [2.45, 2.75) is 40.0 Å². The molecule has 0 aliphatic heterocycles. The third-order valence-corrected chi connectivity index (χ3v) is 4.34. The molecule has 2 aromatic rings. The minimum atomic E-state index is 0.704. The van der Waals surface area contributed by atoms with Gasteiger partial charge in [-0.1, -0.05) is 32.8 Å². The molecule has 0 spiro atoms. The Balaban J connectivity index is 1.83. The van der Waals surface area contributed by atoms with Gasteiger partial charge in [0, 0.05) is 39.0 Å². The summed E-state index contributed by atoms with van der Waals surface area (Å²) < 4.78 is 2.09. The van der Waals surface area contributed by atoms with E-state index in [0.717, 1.165) is 36.8 Å². The Kier molecular flexibility index (Phi) is 6.44. The van der Waals surface area contributed by atoms with Gasteiger partial charge in [-0.2, -0.15) is 0 Å². The molecule has 23 heavy (non-hydrogen) atoms. The van der Waals surface area contributed by atoms with Crippen LogP contribution in [-0.4, -0.2) is 35.5 Å². The van der Waals surface area contributed by atoms with E-state index in [4.69, 9.17) is 4.98 Å². The summed E-state index contributed by atoms with van der Waals surface area (Å²) in [6.45, 7) is 8.36. The van der Waals surface area contributed by atoms with Gasteiger partial charge in [-0.3, -0.25) is 4.99 Å². The summed E-state index contributed by atoms with van der Waals surface area (Å²) in [5.41, 5.74) is 3.34. The highest BCUT2D eigenvalue weighted by atomic mass is 15.2. The van der Waals surface area contributed by atoms with Crippen LogP contribution in [0.15, 0.2) is 29.5 Å². The Bertz CT molecular complexity index is 640. The van der Waals surface area contributed by atoms with Crippen LogP contribution in [0.25, 0.3) is 5.65 Å². The topological polar surface area (TPSA) is 53.7 Å². The maximum absolute atomic E-state index is 4.70.